The molecule has 2 aliphatic rings. The number of anilines is 1. The number of ether oxygens (including phenoxy) is 1. The van der Waals surface area contributed by atoms with Crippen LogP contribution in [0.3, 0.4) is 0 Å². The van der Waals surface area contributed by atoms with E-state index in [2.05, 4.69) is 20.0 Å². The molecular weight excluding hydrogens is 488 g/mol. The molecule has 13 heteroatoms. The molecule has 0 bridgehead atoms. The SMILES string of the molecule is CS(=O)(=O)N1CCN(Cc2nc3nc(-c4ccc5[nH]ncc5c4)nc(N4CCOCC4)c3s2)CC1. The van der Waals surface area contributed by atoms with E-state index in [-0.39, 0.29) is 0 Å². The van der Waals surface area contributed by atoms with E-state index in [1.165, 1.54) is 10.6 Å². The van der Waals surface area contributed by atoms with Crippen molar-refractivity contribution in [1.29, 1.82) is 0 Å². The molecule has 0 saturated carbocycles. The number of thiazole rings is 1. The first-order valence-electron chi connectivity index (χ1n) is 11.6. The predicted octanol–water partition coefficient (Wildman–Crippen LogP) is 1.54. The van der Waals surface area contributed by atoms with Crippen molar-refractivity contribution in [2.75, 3.05) is 63.6 Å². The third kappa shape index (κ3) is 4.61. The maximum absolute atomic E-state index is 11.8. The number of rotatable bonds is 5. The van der Waals surface area contributed by atoms with Gasteiger partial charge in [-0.2, -0.15) is 9.40 Å². The molecule has 0 aliphatic carbocycles. The fraction of sp³-hybridized carbons (Fsp3) is 0.455. The molecule has 2 saturated heterocycles. The van der Waals surface area contributed by atoms with Gasteiger partial charge in [-0.15, -0.1) is 11.3 Å². The van der Waals surface area contributed by atoms with Gasteiger partial charge in [0.05, 0.1) is 37.7 Å². The van der Waals surface area contributed by atoms with Crippen LogP contribution < -0.4 is 4.90 Å². The van der Waals surface area contributed by atoms with Crippen LogP contribution in [0.4, 0.5) is 5.82 Å². The van der Waals surface area contributed by atoms with Crippen molar-refractivity contribution in [3.8, 4) is 11.4 Å². The molecule has 35 heavy (non-hydrogen) atoms. The highest BCUT2D eigenvalue weighted by Crippen LogP contribution is 2.33. The molecule has 0 atom stereocenters. The summed E-state index contributed by atoms with van der Waals surface area (Å²) in [5, 5.41) is 9.06. The number of benzene rings is 1. The fourth-order valence-corrected chi connectivity index (χ4v) is 6.42. The lowest BCUT2D eigenvalue weighted by Gasteiger charge is -2.32. The number of hydrogen-bond acceptors (Lipinski definition) is 10. The van der Waals surface area contributed by atoms with Crippen molar-refractivity contribution in [3.63, 3.8) is 0 Å². The van der Waals surface area contributed by atoms with Crippen LogP contribution >= 0.6 is 11.3 Å². The number of H-pyrrole nitrogens is 1. The van der Waals surface area contributed by atoms with E-state index < -0.39 is 10.0 Å². The molecule has 0 unspecified atom stereocenters. The fourth-order valence-electron chi connectivity index (χ4n) is 4.53. The smallest absolute Gasteiger partial charge is 0.211 e. The number of nitrogens with zero attached hydrogens (tertiary/aromatic N) is 7. The van der Waals surface area contributed by atoms with Crippen LogP contribution in [0.5, 0.6) is 0 Å². The minimum Gasteiger partial charge on any atom is -0.378 e. The molecule has 2 aliphatic heterocycles. The zero-order valence-corrected chi connectivity index (χ0v) is 21.0. The van der Waals surface area contributed by atoms with Crippen LogP contribution in [0.1, 0.15) is 5.01 Å². The van der Waals surface area contributed by atoms with Gasteiger partial charge in [0.1, 0.15) is 9.71 Å². The van der Waals surface area contributed by atoms with Crippen molar-refractivity contribution in [2.45, 2.75) is 6.54 Å². The molecule has 11 nitrogen and oxygen atoms in total. The van der Waals surface area contributed by atoms with Crippen LogP contribution in [0.15, 0.2) is 24.4 Å². The Labute approximate surface area is 206 Å². The molecule has 0 spiro atoms. The molecule has 6 rings (SSSR count). The number of hydrogen-bond donors (Lipinski definition) is 1. The highest BCUT2D eigenvalue weighted by atomic mass is 32.2. The lowest BCUT2D eigenvalue weighted by Crippen LogP contribution is -2.47. The second-order valence-corrected chi connectivity index (χ2v) is 11.9. The monoisotopic (exact) mass is 514 g/mol. The summed E-state index contributed by atoms with van der Waals surface area (Å²) in [4.78, 5) is 19.2. The minimum atomic E-state index is -3.15. The van der Waals surface area contributed by atoms with E-state index in [4.69, 9.17) is 19.7 Å². The molecule has 0 amide bonds. The molecule has 0 radical (unpaired) electrons. The summed E-state index contributed by atoms with van der Waals surface area (Å²) in [5.74, 6) is 1.53. The summed E-state index contributed by atoms with van der Waals surface area (Å²) in [6.07, 6.45) is 3.06. The Bertz CT molecular complexity index is 1470. The van der Waals surface area contributed by atoms with Crippen molar-refractivity contribution in [3.05, 3.63) is 29.4 Å². The third-order valence-corrected chi connectivity index (χ3v) is 8.78. The van der Waals surface area contributed by atoms with Crippen molar-refractivity contribution in [2.24, 2.45) is 0 Å². The highest BCUT2D eigenvalue weighted by Gasteiger charge is 2.25. The van der Waals surface area contributed by atoms with E-state index in [9.17, 15) is 8.42 Å². The highest BCUT2D eigenvalue weighted by molar-refractivity contribution is 7.88. The van der Waals surface area contributed by atoms with Gasteiger partial charge in [0, 0.05) is 50.2 Å². The number of aromatic nitrogens is 5. The minimum absolute atomic E-state index is 0.503. The van der Waals surface area contributed by atoms with Crippen LogP contribution in [0.25, 0.3) is 32.6 Å². The van der Waals surface area contributed by atoms with Crippen molar-refractivity contribution in [1.82, 2.24) is 34.4 Å². The summed E-state index contributed by atoms with van der Waals surface area (Å²) in [6.45, 7) is 5.90. The Hall–Kier alpha value is -2.71. The summed E-state index contributed by atoms with van der Waals surface area (Å²) in [5.41, 5.74) is 2.58. The lowest BCUT2D eigenvalue weighted by atomic mass is 10.1. The van der Waals surface area contributed by atoms with Gasteiger partial charge in [-0.1, -0.05) is 0 Å². The molecule has 2 fully saturated rings. The predicted molar refractivity (Wildman–Crippen MR) is 135 cm³/mol. The summed E-state index contributed by atoms with van der Waals surface area (Å²) in [6, 6.07) is 6.03. The van der Waals surface area contributed by atoms with Gasteiger partial charge in [0.25, 0.3) is 0 Å². The van der Waals surface area contributed by atoms with Gasteiger partial charge in [-0.25, -0.2) is 23.4 Å². The largest absolute Gasteiger partial charge is 0.378 e. The first kappa shape index (κ1) is 22.7. The second-order valence-electron chi connectivity index (χ2n) is 8.84. The molecule has 3 aromatic heterocycles. The number of aromatic amines is 1. The second kappa shape index (κ2) is 9.06. The van der Waals surface area contributed by atoms with Crippen molar-refractivity contribution < 1.29 is 13.2 Å². The number of morpholine rings is 1. The summed E-state index contributed by atoms with van der Waals surface area (Å²) < 4.78 is 31.7. The zero-order valence-electron chi connectivity index (χ0n) is 19.3. The summed E-state index contributed by atoms with van der Waals surface area (Å²) in [7, 11) is -3.15. The number of sulfonamides is 1. The lowest BCUT2D eigenvalue weighted by molar-refractivity contribution is 0.122. The van der Waals surface area contributed by atoms with Crippen LogP contribution in [-0.2, 0) is 21.3 Å². The molecule has 4 aromatic rings. The first-order chi connectivity index (χ1) is 16.9. The Morgan fingerprint density at radius 1 is 1.06 bits per heavy atom. The molecule has 1 aromatic carbocycles. The third-order valence-electron chi connectivity index (χ3n) is 6.45. The first-order valence-corrected chi connectivity index (χ1v) is 14.2. The molecular formula is C22H26N8O3S2. The van der Waals surface area contributed by atoms with Gasteiger partial charge >= 0.3 is 0 Å². The normalized spacial score (nSPS) is 18.6. The number of piperazine rings is 1. The standard InChI is InChI=1S/C22H26N8O3S2/c1-35(31,32)30-6-4-28(5-7-30)14-18-24-21-19(34-18)22(29-8-10-33-11-9-29)26-20(25-21)15-2-3-17-16(12-15)13-23-27-17/h2-3,12-13H,4-11,14H2,1H3,(H,23,27). The van der Waals surface area contributed by atoms with Crippen LogP contribution in [-0.4, -0.2) is 102 Å². The maximum Gasteiger partial charge on any atom is 0.211 e. The van der Waals surface area contributed by atoms with Crippen LogP contribution in [0, 0.1) is 0 Å². The van der Waals surface area contributed by atoms with Gasteiger partial charge in [-0.3, -0.25) is 10.00 Å². The van der Waals surface area contributed by atoms with Gasteiger partial charge in [0.2, 0.25) is 10.0 Å². The zero-order chi connectivity index (χ0) is 24.0. The topological polar surface area (TPSA) is 120 Å². The van der Waals surface area contributed by atoms with Gasteiger partial charge in [0.15, 0.2) is 17.3 Å². The van der Waals surface area contributed by atoms with E-state index in [1.807, 2.05) is 18.2 Å². The van der Waals surface area contributed by atoms with Crippen LogP contribution in [0.2, 0.25) is 0 Å². The molecule has 1 N–H and O–H groups in total. The number of nitrogens with one attached hydrogen (secondary N) is 1. The maximum atomic E-state index is 11.8. The summed E-state index contributed by atoms with van der Waals surface area (Å²) >= 11 is 1.62. The van der Waals surface area contributed by atoms with E-state index in [1.54, 1.807) is 17.5 Å². The van der Waals surface area contributed by atoms with Gasteiger partial charge < -0.3 is 9.64 Å². The molecule has 5 heterocycles. The Balaban J connectivity index is 1.33. The van der Waals surface area contributed by atoms with E-state index in [0.717, 1.165) is 45.1 Å². The van der Waals surface area contributed by atoms with E-state index in [0.29, 0.717) is 57.4 Å². The Morgan fingerprint density at radius 2 is 1.86 bits per heavy atom. The van der Waals surface area contributed by atoms with Gasteiger partial charge in [-0.05, 0) is 18.2 Å². The molecule has 184 valence electrons. The Kier molecular flexibility index (Phi) is 5.89. The average molecular weight is 515 g/mol. The van der Waals surface area contributed by atoms with Crippen molar-refractivity contribution >= 4 is 48.4 Å². The average Bonchev–Trinajstić information content (AvgIpc) is 3.49. The quantitative estimate of drug-likeness (QED) is 0.423. The Morgan fingerprint density at radius 3 is 2.63 bits per heavy atom. The number of fused-ring (bicyclic) bond motifs is 2. The van der Waals surface area contributed by atoms with E-state index >= 15 is 0 Å².